The van der Waals surface area contributed by atoms with Crippen LogP contribution >= 0.6 is 0 Å². The van der Waals surface area contributed by atoms with E-state index >= 15 is 0 Å². The highest BCUT2D eigenvalue weighted by molar-refractivity contribution is 5.48. The summed E-state index contributed by atoms with van der Waals surface area (Å²) >= 11 is 0. The van der Waals surface area contributed by atoms with Crippen molar-refractivity contribution in [2.45, 2.75) is 13.0 Å². The second-order valence-corrected chi connectivity index (χ2v) is 4.64. The minimum Gasteiger partial charge on any atom is -0.497 e. The Morgan fingerprint density at radius 1 is 1.14 bits per heavy atom. The third-order valence-corrected chi connectivity index (χ3v) is 3.41. The lowest BCUT2D eigenvalue weighted by Crippen LogP contribution is -2.06. The summed E-state index contributed by atoms with van der Waals surface area (Å²) in [6.45, 7) is 1.83. The molecule has 0 fully saturated rings. The predicted octanol–water partition coefficient (Wildman–Crippen LogP) is 1.84. The SMILES string of the molecule is COc1ccc(OC)c(C(O)c2c(C)nn(C)c2OC)c1. The average Bonchev–Trinajstić information content (AvgIpc) is 2.79. The largest absolute Gasteiger partial charge is 0.497 e. The summed E-state index contributed by atoms with van der Waals surface area (Å²) in [5.74, 6) is 1.74. The first-order valence-electron chi connectivity index (χ1n) is 6.51. The van der Waals surface area contributed by atoms with Crippen molar-refractivity contribution in [3.05, 3.63) is 35.0 Å². The normalized spacial score (nSPS) is 12.1. The van der Waals surface area contributed by atoms with Crippen molar-refractivity contribution < 1.29 is 19.3 Å². The zero-order valence-electron chi connectivity index (χ0n) is 12.9. The van der Waals surface area contributed by atoms with E-state index in [-0.39, 0.29) is 0 Å². The summed E-state index contributed by atoms with van der Waals surface area (Å²) < 4.78 is 17.5. The smallest absolute Gasteiger partial charge is 0.217 e. The Balaban J connectivity index is 2.56. The van der Waals surface area contributed by atoms with Gasteiger partial charge in [0.1, 0.15) is 17.6 Å². The van der Waals surface area contributed by atoms with E-state index in [1.54, 1.807) is 51.3 Å². The molecule has 6 heteroatoms. The van der Waals surface area contributed by atoms with E-state index in [1.807, 2.05) is 6.92 Å². The molecule has 0 saturated carbocycles. The topological polar surface area (TPSA) is 65.7 Å². The average molecular weight is 292 g/mol. The monoisotopic (exact) mass is 292 g/mol. The molecule has 0 amide bonds. The second-order valence-electron chi connectivity index (χ2n) is 4.64. The molecule has 0 aliphatic rings. The fourth-order valence-corrected chi connectivity index (χ4v) is 2.42. The molecule has 1 aromatic carbocycles. The maximum atomic E-state index is 10.8. The van der Waals surface area contributed by atoms with Crippen molar-refractivity contribution in [1.82, 2.24) is 9.78 Å². The molecule has 0 bridgehead atoms. The Morgan fingerprint density at radius 2 is 1.86 bits per heavy atom. The second kappa shape index (κ2) is 6.05. The zero-order chi connectivity index (χ0) is 15.6. The number of aliphatic hydroxyl groups excluding tert-OH is 1. The van der Waals surface area contributed by atoms with Crippen molar-refractivity contribution in [2.24, 2.45) is 7.05 Å². The van der Waals surface area contributed by atoms with E-state index in [0.717, 1.165) is 0 Å². The third-order valence-electron chi connectivity index (χ3n) is 3.41. The summed E-state index contributed by atoms with van der Waals surface area (Å²) in [6.07, 6.45) is -0.918. The molecule has 0 aliphatic heterocycles. The first-order chi connectivity index (χ1) is 10.0. The molecule has 0 radical (unpaired) electrons. The van der Waals surface area contributed by atoms with E-state index in [9.17, 15) is 5.11 Å². The lowest BCUT2D eigenvalue weighted by molar-refractivity contribution is 0.207. The highest BCUT2D eigenvalue weighted by Gasteiger charge is 2.25. The number of benzene rings is 1. The van der Waals surface area contributed by atoms with Gasteiger partial charge in [-0.2, -0.15) is 5.10 Å². The molecule has 6 nitrogen and oxygen atoms in total. The van der Waals surface area contributed by atoms with Crippen LogP contribution in [0.1, 0.15) is 22.9 Å². The first-order valence-corrected chi connectivity index (χ1v) is 6.51. The van der Waals surface area contributed by atoms with Gasteiger partial charge in [-0.1, -0.05) is 0 Å². The Morgan fingerprint density at radius 3 is 2.43 bits per heavy atom. The van der Waals surface area contributed by atoms with Crippen LogP contribution < -0.4 is 14.2 Å². The van der Waals surface area contributed by atoms with Crippen LogP contribution in [-0.2, 0) is 7.05 Å². The summed E-state index contributed by atoms with van der Waals surface area (Å²) in [7, 11) is 6.46. The molecule has 1 N–H and O–H groups in total. The molecular formula is C15H20N2O4. The fourth-order valence-electron chi connectivity index (χ4n) is 2.42. The number of ether oxygens (including phenoxy) is 3. The molecule has 21 heavy (non-hydrogen) atoms. The number of aromatic nitrogens is 2. The van der Waals surface area contributed by atoms with Crippen molar-refractivity contribution in [3.8, 4) is 17.4 Å². The van der Waals surface area contributed by atoms with Crippen molar-refractivity contribution >= 4 is 0 Å². The van der Waals surface area contributed by atoms with Crippen LogP contribution in [0, 0.1) is 6.92 Å². The van der Waals surface area contributed by atoms with E-state index in [1.165, 1.54) is 0 Å². The van der Waals surface area contributed by atoms with E-state index < -0.39 is 6.10 Å². The molecule has 0 spiro atoms. The fraction of sp³-hybridized carbons (Fsp3) is 0.400. The molecule has 0 aliphatic carbocycles. The lowest BCUT2D eigenvalue weighted by atomic mass is 10.0. The molecule has 114 valence electrons. The summed E-state index contributed by atoms with van der Waals surface area (Å²) in [5.41, 5.74) is 1.92. The first kappa shape index (κ1) is 15.2. The van der Waals surface area contributed by atoms with Gasteiger partial charge in [0.15, 0.2) is 0 Å². The van der Waals surface area contributed by atoms with Crippen LogP contribution in [-0.4, -0.2) is 36.2 Å². The molecular weight excluding hydrogens is 272 g/mol. The zero-order valence-corrected chi connectivity index (χ0v) is 12.9. The minimum atomic E-state index is -0.918. The maximum absolute atomic E-state index is 10.8. The van der Waals surface area contributed by atoms with Crippen LogP contribution in [0.25, 0.3) is 0 Å². The van der Waals surface area contributed by atoms with Gasteiger partial charge in [0, 0.05) is 12.6 Å². The number of nitrogens with zero attached hydrogens (tertiary/aromatic N) is 2. The number of methoxy groups -OCH3 is 3. The van der Waals surface area contributed by atoms with Gasteiger partial charge < -0.3 is 19.3 Å². The highest BCUT2D eigenvalue weighted by Crippen LogP contribution is 2.37. The summed E-state index contributed by atoms with van der Waals surface area (Å²) in [5, 5.41) is 15.0. The van der Waals surface area contributed by atoms with Crippen molar-refractivity contribution in [2.75, 3.05) is 21.3 Å². The molecule has 2 rings (SSSR count). The molecule has 0 saturated heterocycles. The Kier molecular flexibility index (Phi) is 4.37. The number of hydrogen-bond acceptors (Lipinski definition) is 5. The van der Waals surface area contributed by atoms with Crippen LogP contribution in [0.5, 0.6) is 17.4 Å². The van der Waals surface area contributed by atoms with Crippen LogP contribution in [0.4, 0.5) is 0 Å². The molecule has 1 atom stereocenters. The standard InChI is InChI=1S/C15H20N2O4/c1-9-13(15(21-5)17(2)16-9)14(18)11-8-10(19-3)6-7-12(11)20-4/h6-8,14,18H,1-5H3. The van der Waals surface area contributed by atoms with E-state index in [4.69, 9.17) is 14.2 Å². The highest BCUT2D eigenvalue weighted by atomic mass is 16.5. The van der Waals surface area contributed by atoms with Gasteiger partial charge in [-0.05, 0) is 25.1 Å². The molecule has 1 heterocycles. The Labute approximate surface area is 123 Å². The van der Waals surface area contributed by atoms with E-state index in [0.29, 0.717) is 34.2 Å². The van der Waals surface area contributed by atoms with Gasteiger partial charge >= 0.3 is 0 Å². The van der Waals surface area contributed by atoms with Crippen LogP contribution in [0.2, 0.25) is 0 Å². The lowest BCUT2D eigenvalue weighted by Gasteiger charge is -2.17. The van der Waals surface area contributed by atoms with Gasteiger partial charge in [-0.15, -0.1) is 0 Å². The number of aryl methyl sites for hydroxylation is 2. The quantitative estimate of drug-likeness (QED) is 0.911. The van der Waals surface area contributed by atoms with Gasteiger partial charge in [0.2, 0.25) is 5.88 Å². The third kappa shape index (κ3) is 2.67. The van der Waals surface area contributed by atoms with Crippen molar-refractivity contribution in [3.63, 3.8) is 0 Å². The minimum absolute atomic E-state index is 0.518. The van der Waals surface area contributed by atoms with Gasteiger partial charge in [0.05, 0.1) is 32.6 Å². The van der Waals surface area contributed by atoms with Gasteiger partial charge in [-0.3, -0.25) is 0 Å². The van der Waals surface area contributed by atoms with Gasteiger partial charge in [-0.25, -0.2) is 4.68 Å². The number of hydrogen-bond donors (Lipinski definition) is 1. The number of rotatable bonds is 5. The van der Waals surface area contributed by atoms with Crippen LogP contribution in [0.3, 0.4) is 0 Å². The molecule has 1 aromatic heterocycles. The van der Waals surface area contributed by atoms with Crippen molar-refractivity contribution in [1.29, 1.82) is 0 Å². The number of aliphatic hydroxyl groups is 1. The summed E-state index contributed by atoms with van der Waals surface area (Å²) in [4.78, 5) is 0. The summed E-state index contributed by atoms with van der Waals surface area (Å²) in [6, 6.07) is 5.29. The van der Waals surface area contributed by atoms with Gasteiger partial charge in [0.25, 0.3) is 0 Å². The van der Waals surface area contributed by atoms with E-state index in [2.05, 4.69) is 5.10 Å². The Hall–Kier alpha value is -2.21. The van der Waals surface area contributed by atoms with Crippen LogP contribution in [0.15, 0.2) is 18.2 Å². The Bertz CT molecular complexity index is 637. The molecule has 1 unspecified atom stereocenters. The molecule has 2 aromatic rings. The predicted molar refractivity (Wildman–Crippen MR) is 78.1 cm³/mol. The maximum Gasteiger partial charge on any atom is 0.217 e.